The third-order valence-electron chi connectivity index (χ3n) is 1.47. The fourth-order valence-corrected chi connectivity index (χ4v) is 9.35. The predicted molar refractivity (Wildman–Crippen MR) is 95.6 cm³/mol. The van der Waals surface area contributed by atoms with Crippen molar-refractivity contribution in [3.05, 3.63) is 0 Å². The molecule has 0 atom stereocenters. The van der Waals surface area contributed by atoms with E-state index in [1.54, 1.807) is 0 Å². The Morgan fingerprint density at radius 3 is 1.19 bits per heavy atom. The van der Waals surface area contributed by atoms with Crippen LogP contribution >= 0.6 is 70.6 Å². The molecule has 0 heterocycles. The van der Waals surface area contributed by atoms with Gasteiger partial charge in [-0.15, -0.1) is 35.3 Å². The maximum atomic E-state index is 2.24. The highest BCUT2D eigenvalue weighted by molar-refractivity contribution is 8.38. The molecule has 0 saturated heterocycles. The molecule has 0 bridgehead atoms. The van der Waals surface area contributed by atoms with Crippen LogP contribution in [0.25, 0.3) is 0 Å². The first-order valence-corrected chi connectivity index (χ1v) is 12.0. The lowest BCUT2D eigenvalue weighted by Gasteiger charge is -2.14. The van der Waals surface area contributed by atoms with E-state index in [9.17, 15) is 0 Å². The molecule has 0 nitrogen and oxygen atoms in total. The quantitative estimate of drug-likeness (QED) is 0.334. The van der Waals surface area contributed by atoms with Crippen molar-refractivity contribution in [2.45, 2.75) is 24.7 Å². The summed E-state index contributed by atoms with van der Waals surface area (Å²) in [5.41, 5.74) is 0. The Kier molecular flexibility index (Phi) is 17.1. The van der Waals surface area contributed by atoms with Gasteiger partial charge in [0.25, 0.3) is 0 Å². The lowest BCUT2D eigenvalue weighted by Crippen LogP contribution is -1.94. The molecule has 0 saturated carbocycles. The summed E-state index contributed by atoms with van der Waals surface area (Å²) in [6.45, 7) is 6.71. The minimum Gasteiger partial charge on any atom is -0.151 e. The SMILES string of the molecule is CCSCSC(SCSCC)SCSCC. The van der Waals surface area contributed by atoms with Gasteiger partial charge in [0.1, 0.15) is 0 Å². The van der Waals surface area contributed by atoms with E-state index in [0.717, 1.165) is 3.91 Å². The van der Waals surface area contributed by atoms with Crippen LogP contribution in [-0.2, 0) is 0 Å². The van der Waals surface area contributed by atoms with Crippen LogP contribution in [0.2, 0.25) is 0 Å². The summed E-state index contributed by atoms with van der Waals surface area (Å²) in [6, 6.07) is 0. The number of hydrogen-bond donors (Lipinski definition) is 0. The number of hydrogen-bond acceptors (Lipinski definition) is 6. The third-order valence-corrected chi connectivity index (χ3v) is 9.60. The van der Waals surface area contributed by atoms with Crippen molar-refractivity contribution in [1.82, 2.24) is 0 Å². The van der Waals surface area contributed by atoms with Gasteiger partial charge in [-0.05, 0) is 17.3 Å². The molecule has 0 aliphatic heterocycles. The van der Waals surface area contributed by atoms with Gasteiger partial charge in [-0.3, -0.25) is 0 Å². The highest BCUT2D eigenvalue weighted by Crippen LogP contribution is 2.38. The van der Waals surface area contributed by atoms with E-state index in [4.69, 9.17) is 0 Å². The summed E-state index contributed by atoms with van der Waals surface area (Å²) < 4.78 is 0.733. The van der Waals surface area contributed by atoms with Crippen molar-refractivity contribution in [3.63, 3.8) is 0 Å². The summed E-state index contributed by atoms with van der Waals surface area (Å²) in [4.78, 5) is 0. The van der Waals surface area contributed by atoms with Crippen molar-refractivity contribution < 1.29 is 0 Å². The van der Waals surface area contributed by atoms with Crippen LogP contribution in [0.5, 0.6) is 0 Å². The summed E-state index contributed by atoms with van der Waals surface area (Å²) in [5, 5.41) is 3.73. The summed E-state index contributed by atoms with van der Waals surface area (Å²) in [6.07, 6.45) is 0. The molecule has 0 fully saturated rings. The van der Waals surface area contributed by atoms with E-state index in [0.29, 0.717) is 0 Å². The van der Waals surface area contributed by atoms with Crippen molar-refractivity contribution in [1.29, 1.82) is 0 Å². The van der Waals surface area contributed by atoms with E-state index >= 15 is 0 Å². The largest absolute Gasteiger partial charge is 0.151 e. The second kappa shape index (κ2) is 15.2. The van der Waals surface area contributed by atoms with Crippen molar-refractivity contribution in [3.8, 4) is 0 Å². The summed E-state index contributed by atoms with van der Waals surface area (Å²) in [7, 11) is 0. The molecule has 0 radical (unpaired) electrons. The van der Waals surface area contributed by atoms with Gasteiger partial charge in [-0.25, -0.2) is 0 Å². The standard InChI is InChI=1S/C10H22S6/c1-4-11-7-14-10(15-8-12-5-2)16-9-13-6-3/h10H,4-9H2,1-3H3. The van der Waals surface area contributed by atoms with E-state index in [1.165, 1.54) is 32.5 Å². The van der Waals surface area contributed by atoms with Crippen LogP contribution in [0, 0.1) is 0 Å². The lowest BCUT2D eigenvalue weighted by atomic mass is 11.0. The maximum Gasteiger partial charge on any atom is 0.0980 e. The Bertz CT molecular complexity index is 109. The minimum absolute atomic E-state index is 0.733. The molecule has 0 spiro atoms. The Hall–Kier alpha value is 2.10. The highest BCUT2D eigenvalue weighted by atomic mass is 32.3. The van der Waals surface area contributed by atoms with Gasteiger partial charge in [0.2, 0.25) is 0 Å². The predicted octanol–water partition coefficient (Wildman–Crippen LogP) is 5.60. The molecule has 0 unspecified atom stereocenters. The van der Waals surface area contributed by atoms with Gasteiger partial charge < -0.3 is 0 Å². The molecule has 0 aliphatic carbocycles. The van der Waals surface area contributed by atoms with Gasteiger partial charge in [0, 0.05) is 15.3 Å². The fraction of sp³-hybridized carbons (Fsp3) is 1.00. The molecule has 98 valence electrons. The Morgan fingerprint density at radius 1 is 0.625 bits per heavy atom. The average molecular weight is 335 g/mol. The van der Waals surface area contributed by atoms with Crippen molar-refractivity contribution in [2.75, 3.05) is 32.5 Å². The Labute approximate surface area is 127 Å². The Morgan fingerprint density at radius 2 is 0.938 bits per heavy atom. The minimum atomic E-state index is 0.733. The van der Waals surface area contributed by atoms with E-state index in [-0.39, 0.29) is 0 Å². The van der Waals surface area contributed by atoms with E-state index < -0.39 is 0 Å². The van der Waals surface area contributed by atoms with E-state index in [1.807, 2.05) is 35.3 Å². The lowest BCUT2D eigenvalue weighted by molar-refractivity contribution is 1.53. The maximum absolute atomic E-state index is 2.24. The van der Waals surface area contributed by atoms with Gasteiger partial charge in [0.05, 0.1) is 3.91 Å². The first kappa shape index (κ1) is 18.1. The summed E-state index contributed by atoms with van der Waals surface area (Å²) >= 11 is 12.4. The van der Waals surface area contributed by atoms with Crippen LogP contribution in [0.15, 0.2) is 0 Å². The smallest absolute Gasteiger partial charge is 0.0980 e. The number of thioether (sulfide) groups is 6. The van der Waals surface area contributed by atoms with Gasteiger partial charge in [-0.1, -0.05) is 20.8 Å². The van der Waals surface area contributed by atoms with Gasteiger partial charge >= 0.3 is 0 Å². The average Bonchev–Trinajstić information content (AvgIpc) is 2.29. The first-order valence-electron chi connectivity index (χ1n) is 5.43. The van der Waals surface area contributed by atoms with Crippen LogP contribution in [-0.4, -0.2) is 36.4 Å². The number of rotatable bonds is 12. The van der Waals surface area contributed by atoms with Gasteiger partial charge in [0.15, 0.2) is 0 Å². The van der Waals surface area contributed by atoms with E-state index in [2.05, 4.69) is 56.1 Å². The van der Waals surface area contributed by atoms with Crippen LogP contribution in [0.1, 0.15) is 20.8 Å². The molecule has 0 aromatic rings. The first-order chi connectivity index (χ1) is 7.85. The molecule has 0 aliphatic rings. The van der Waals surface area contributed by atoms with Crippen LogP contribution < -0.4 is 0 Å². The second-order valence-electron chi connectivity index (χ2n) is 2.62. The normalized spacial score (nSPS) is 11.2. The zero-order chi connectivity index (χ0) is 12.1. The zero-order valence-electron chi connectivity index (χ0n) is 10.3. The van der Waals surface area contributed by atoms with Crippen LogP contribution in [0.3, 0.4) is 0 Å². The molecule has 0 rings (SSSR count). The topological polar surface area (TPSA) is 0 Å². The fourth-order valence-electron chi connectivity index (χ4n) is 0.705. The molecular formula is C10H22S6. The summed E-state index contributed by atoms with van der Waals surface area (Å²) in [5.74, 6) is 3.72. The zero-order valence-corrected chi connectivity index (χ0v) is 15.2. The molecule has 0 aromatic carbocycles. The monoisotopic (exact) mass is 334 g/mol. The molecule has 0 amide bonds. The molecule has 0 N–H and O–H groups in total. The van der Waals surface area contributed by atoms with Crippen molar-refractivity contribution in [2.24, 2.45) is 0 Å². The second-order valence-corrected chi connectivity index (χ2v) is 11.7. The molecule has 6 heteroatoms. The van der Waals surface area contributed by atoms with Crippen molar-refractivity contribution >= 4 is 70.6 Å². The molecule has 0 aromatic heterocycles. The molecular weight excluding hydrogens is 313 g/mol. The Balaban J connectivity index is 3.58. The molecule has 16 heavy (non-hydrogen) atoms. The van der Waals surface area contributed by atoms with Crippen LogP contribution in [0.4, 0.5) is 0 Å². The van der Waals surface area contributed by atoms with Gasteiger partial charge in [-0.2, -0.15) is 35.3 Å². The highest BCUT2D eigenvalue weighted by Gasteiger charge is 2.09. The third kappa shape index (κ3) is 12.6.